The van der Waals surface area contributed by atoms with Gasteiger partial charge in [0, 0.05) is 24.0 Å². The molecule has 1 aromatic heterocycles. The Morgan fingerprint density at radius 2 is 2.21 bits per heavy atom. The standard InChI is InChI=1S/C12H13NO5S/c1-7(14)8-4-9(19-5-8)10(15)13-12(11(16)17)2-3-18-6-12/h4-5H,2-3,6H2,1H3,(H,13,15)(H,16,17). The Labute approximate surface area is 113 Å². The number of carbonyl (C=O) groups excluding carboxylic acids is 2. The van der Waals surface area contributed by atoms with E-state index in [1.165, 1.54) is 13.0 Å². The van der Waals surface area contributed by atoms with Gasteiger partial charge in [0.2, 0.25) is 0 Å². The predicted molar refractivity (Wildman–Crippen MR) is 67.6 cm³/mol. The van der Waals surface area contributed by atoms with Crippen LogP contribution in [0.15, 0.2) is 11.4 Å². The molecule has 0 aromatic carbocycles. The first-order chi connectivity index (χ1) is 8.94. The van der Waals surface area contributed by atoms with Gasteiger partial charge in [-0.15, -0.1) is 11.3 Å². The first kappa shape index (κ1) is 13.7. The van der Waals surface area contributed by atoms with Crippen molar-refractivity contribution in [2.24, 2.45) is 0 Å². The van der Waals surface area contributed by atoms with Gasteiger partial charge in [0.05, 0.1) is 11.5 Å². The number of aliphatic carboxylic acids is 1. The van der Waals surface area contributed by atoms with Crippen molar-refractivity contribution in [3.63, 3.8) is 0 Å². The van der Waals surface area contributed by atoms with Gasteiger partial charge in [-0.25, -0.2) is 4.79 Å². The average molecular weight is 283 g/mol. The van der Waals surface area contributed by atoms with Crippen molar-refractivity contribution in [3.05, 3.63) is 21.9 Å². The van der Waals surface area contributed by atoms with E-state index >= 15 is 0 Å². The van der Waals surface area contributed by atoms with Crippen LogP contribution in [0.3, 0.4) is 0 Å². The maximum absolute atomic E-state index is 12.0. The third-order valence-corrected chi connectivity index (χ3v) is 3.94. The lowest BCUT2D eigenvalue weighted by atomic mass is 9.99. The number of carbonyl (C=O) groups is 3. The van der Waals surface area contributed by atoms with Gasteiger partial charge in [-0.2, -0.15) is 0 Å². The third kappa shape index (κ3) is 2.66. The van der Waals surface area contributed by atoms with Crippen molar-refractivity contribution in [1.29, 1.82) is 0 Å². The van der Waals surface area contributed by atoms with Crippen molar-refractivity contribution < 1.29 is 24.2 Å². The quantitative estimate of drug-likeness (QED) is 0.802. The first-order valence-corrected chi connectivity index (χ1v) is 6.56. The molecule has 6 nitrogen and oxygen atoms in total. The Balaban J connectivity index is 2.15. The lowest BCUT2D eigenvalue weighted by Crippen LogP contribution is -2.55. The summed E-state index contributed by atoms with van der Waals surface area (Å²) in [6.45, 7) is 1.67. The van der Waals surface area contributed by atoms with E-state index < -0.39 is 17.4 Å². The number of Topliss-reactive ketones (excluding diaryl/α,β-unsaturated/α-hetero) is 1. The summed E-state index contributed by atoms with van der Waals surface area (Å²) in [7, 11) is 0. The zero-order valence-corrected chi connectivity index (χ0v) is 11.1. The third-order valence-electron chi connectivity index (χ3n) is 3.01. The minimum Gasteiger partial charge on any atom is -0.479 e. The summed E-state index contributed by atoms with van der Waals surface area (Å²) in [4.78, 5) is 34.7. The minimum atomic E-state index is -1.36. The topological polar surface area (TPSA) is 92.7 Å². The fourth-order valence-corrected chi connectivity index (χ4v) is 2.65. The molecule has 1 aromatic rings. The number of hydrogen-bond acceptors (Lipinski definition) is 5. The monoisotopic (exact) mass is 283 g/mol. The molecule has 0 bridgehead atoms. The number of rotatable bonds is 4. The van der Waals surface area contributed by atoms with Crippen molar-refractivity contribution in [3.8, 4) is 0 Å². The molecule has 1 atom stereocenters. The molecule has 1 amide bonds. The van der Waals surface area contributed by atoms with E-state index in [4.69, 9.17) is 4.74 Å². The van der Waals surface area contributed by atoms with E-state index in [0.29, 0.717) is 17.0 Å². The molecule has 0 spiro atoms. The number of thiophene rings is 1. The van der Waals surface area contributed by atoms with Gasteiger partial charge in [-0.1, -0.05) is 0 Å². The van der Waals surface area contributed by atoms with Crippen molar-refractivity contribution >= 4 is 29.0 Å². The number of carboxylic acids is 1. The number of ketones is 1. The van der Waals surface area contributed by atoms with Crippen LogP contribution in [0.1, 0.15) is 33.4 Å². The predicted octanol–water partition coefficient (Wildman–Crippen LogP) is 0.924. The van der Waals surface area contributed by atoms with Crippen LogP contribution in [0.5, 0.6) is 0 Å². The molecule has 2 heterocycles. The second kappa shape index (κ2) is 5.10. The summed E-state index contributed by atoms with van der Waals surface area (Å²) in [5, 5.41) is 13.3. The largest absolute Gasteiger partial charge is 0.479 e. The van der Waals surface area contributed by atoms with Crippen LogP contribution < -0.4 is 5.32 Å². The molecule has 2 rings (SSSR count). The van der Waals surface area contributed by atoms with Crippen molar-refractivity contribution in [2.75, 3.05) is 13.2 Å². The van der Waals surface area contributed by atoms with E-state index in [2.05, 4.69) is 5.32 Å². The summed E-state index contributed by atoms with van der Waals surface area (Å²) in [5.41, 5.74) is -0.917. The molecular formula is C12H13NO5S. The maximum atomic E-state index is 12.0. The van der Waals surface area contributed by atoms with Gasteiger partial charge in [-0.05, 0) is 13.0 Å². The van der Waals surface area contributed by atoms with Crippen LogP contribution in [0.2, 0.25) is 0 Å². The zero-order chi connectivity index (χ0) is 14.0. The normalized spacial score (nSPS) is 22.2. The SMILES string of the molecule is CC(=O)c1csc(C(=O)NC2(C(=O)O)CCOC2)c1. The van der Waals surface area contributed by atoms with Crippen LogP contribution in [0.25, 0.3) is 0 Å². The molecular weight excluding hydrogens is 270 g/mol. The Morgan fingerprint density at radius 3 is 2.68 bits per heavy atom. The number of amides is 1. The number of nitrogens with one attached hydrogen (secondary N) is 1. The minimum absolute atomic E-state index is 0.0426. The fraction of sp³-hybridized carbons (Fsp3) is 0.417. The number of carboxylic acid groups (broad SMARTS) is 1. The van der Waals surface area contributed by atoms with Crippen LogP contribution >= 0.6 is 11.3 Å². The highest BCUT2D eigenvalue weighted by Gasteiger charge is 2.44. The van der Waals surface area contributed by atoms with Gasteiger partial charge >= 0.3 is 5.97 Å². The molecule has 102 valence electrons. The average Bonchev–Trinajstić information content (AvgIpc) is 2.97. The second-order valence-electron chi connectivity index (χ2n) is 4.40. The highest BCUT2D eigenvalue weighted by atomic mass is 32.1. The maximum Gasteiger partial charge on any atom is 0.331 e. The Hall–Kier alpha value is -1.73. The molecule has 0 saturated carbocycles. The molecule has 1 aliphatic heterocycles. The summed E-state index contributed by atoms with van der Waals surface area (Å²) < 4.78 is 5.06. The number of ether oxygens (including phenoxy) is 1. The molecule has 0 radical (unpaired) electrons. The fourth-order valence-electron chi connectivity index (χ4n) is 1.80. The van der Waals surface area contributed by atoms with Crippen LogP contribution in [0.4, 0.5) is 0 Å². The highest BCUT2D eigenvalue weighted by Crippen LogP contribution is 2.21. The van der Waals surface area contributed by atoms with Crippen molar-refractivity contribution in [2.45, 2.75) is 18.9 Å². The molecule has 19 heavy (non-hydrogen) atoms. The molecule has 1 aliphatic rings. The van der Waals surface area contributed by atoms with E-state index in [-0.39, 0.29) is 18.8 Å². The van der Waals surface area contributed by atoms with Crippen LogP contribution in [-0.2, 0) is 9.53 Å². The summed E-state index contributed by atoms with van der Waals surface area (Å²) in [6, 6.07) is 1.47. The van der Waals surface area contributed by atoms with Gasteiger partial charge in [0.1, 0.15) is 0 Å². The number of hydrogen-bond donors (Lipinski definition) is 2. The summed E-state index contributed by atoms with van der Waals surface area (Å²) in [5.74, 6) is -1.74. The van der Waals surface area contributed by atoms with E-state index in [1.807, 2.05) is 0 Å². The summed E-state index contributed by atoms with van der Waals surface area (Å²) in [6.07, 6.45) is 0.235. The molecule has 7 heteroatoms. The van der Waals surface area contributed by atoms with Crippen LogP contribution in [0, 0.1) is 0 Å². The van der Waals surface area contributed by atoms with Crippen LogP contribution in [-0.4, -0.2) is 41.5 Å². The Morgan fingerprint density at radius 1 is 1.47 bits per heavy atom. The van der Waals surface area contributed by atoms with Gasteiger partial charge in [0.25, 0.3) is 5.91 Å². The lowest BCUT2D eigenvalue weighted by molar-refractivity contribution is -0.144. The smallest absolute Gasteiger partial charge is 0.331 e. The van der Waals surface area contributed by atoms with Gasteiger partial charge in [0.15, 0.2) is 11.3 Å². The van der Waals surface area contributed by atoms with E-state index in [1.54, 1.807) is 5.38 Å². The van der Waals surface area contributed by atoms with Gasteiger partial charge in [-0.3, -0.25) is 9.59 Å². The molecule has 1 saturated heterocycles. The van der Waals surface area contributed by atoms with E-state index in [0.717, 1.165) is 11.3 Å². The lowest BCUT2D eigenvalue weighted by Gasteiger charge is -2.23. The molecule has 1 fully saturated rings. The Kier molecular flexibility index (Phi) is 3.68. The molecule has 0 aliphatic carbocycles. The van der Waals surface area contributed by atoms with Gasteiger partial charge < -0.3 is 15.2 Å². The molecule has 1 unspecified atom stereocenters. The molecule has 2 N–H and O–H groups in total. The van der Waals surface area contributed by atoms with Crippen molar-refractivity contribution in [1.82, 2.24) is 5.32 Å². The second-order valence-corrected chi connectivity index (χ2v) is 5.31. The zero-order valence-electron chi connectivity index (χ0n) is 10.3. The Bertz CT molecular complexity index is 530. The van der Waals surface area contributed by atoms with E-state index in [9.17, 15) is 19.5 Å². The first-order valence-electron chi connectivity index (χ1n) is 5.68. The highest BCUT2D eigenvalue weighted by molar-refractivity contribution is 7.12. The summed E-state index contributed by atoms with van der Waals surface area (Å²) >= 11 is 1.11.